The van der Waals surface area contributed by atoms with Gasteiger partial charge in [0.05, 0.1) is 0 Å². The number of carbonyl (C=O) groups excluding carboxylic acids is 1. The fraction of sp³-hybridized carbons (Fsp3) is 0.562. The number of anilines is 1. The second-order valence-corrected chi connectivity index (χ2v) is 6.21. The molecule has 3 N–H and O–H groups in total. The van der Waals surface area contributed by atoms with Crippen LogP contribution in [-0.4, -0.2) is 31.1 Å². The van der Waals surface area contributed by atoms with Gasteiger partial charge in [0.15, 0.2) is 0 Å². The van der Waals surface area contributed by atoms with E-state index in [0.29, 0.717) is 18.5 Å². The third-order valence-corrected chi connectivity index (χ3v) is 4.14. The third-order valence-electron chi connectivity index (χ3n) is 3.24. The number of urea groups is 1. The summed E-state index contributed by atoms with van der Waals surface area (Å²) >= 11 is 1.80. The molecule has 21 heavy (non-hydrogen) atoms. The number of carbonyl (C=O) groups is 1. The van der Waals surface area contributed by atoms with Crippen molar-refractivity contribution in [3.8, 4) is 0 Å². The summed E-state index contributed by atoms with van der Waals surface area (Å²) in [5.74, 6) is 1.53. The quantitative estimate of drug-likeness (QED) is 0.689. The zero-order valence-electron chi connectivity index (χ0n) is 13.4. The Morgan fingerprint density at radius 1 is 1.24 bits per heavy atom. The van der Waals surface area contributed by atoms with Crippen LogP contribution in [0.3, 0.4) is 0 Å². The van der Waals surface area contributed by atoms with E-state index in [2.05, 4.69) is 43.0 Å². The summed E-state index contributed by atoms with van der Waals surface area (Å²) in [4.78, 5) is 11.8. The van der Waals surface area contributed by atoms with Gasteiger partial charge >= 0.3 is 6.03 Å². The van der Waals surface area contributed by atoms with Gasteiger partial charge in [0.25, 0.3) is 0 Å². The topological polar surface area (TPSA) is 53.2 Å². The second-order valence-electron chi connectivity index (χ2n) is 5.30. The lowest BCUT2D eigenvalue weighted by Crippen LogP contribution is -2.32. The van der Waals surface area contributed by atoms with Crippen molar-refractivity contribution in [2.45, 2.75) is 26.8 Å². The molecule has 5 heteroatoms. The van der Waals surface area contributed by atoms with Crippen LogP contribution in [0.15, 0.2) is 24.3 Å². The summed E-state index contributed by atoms with van der Waals surface area (Å²) in [6, 6.07) is 8.14. The zero-order valence-corrected chi connectivity index (χ0v) is 14.2. The maximum Gasteiger partial charge on any atom is 0.319 e. The summed E-state index contributed by atoms with van der Waals surface area (Å²) in [6.07, 6.45) is 2.08. The average molecular weight is 309 g/mol. The van der Waals surface area contributed by atoms with Crippen LogP contribution in [0.2, 0.25) is 0 Å². The lowest BCUT2D eigenvalue weighted by molar-refractivity contribution is 0.251. The molecule has 4 nitrogen and oxygen atoms in total. The van der Waals surface area contributed by atoms with E-state index < -0.39 is 0 Å². The zero-order chi connectivity index (χ0) is 15.7. The first-order valence-electron chi connectivity index (χ1n) is 7.44. The molecule has 2 unspecified atom stereocenters. The molecule has 0 saturated heterocycles. The van der Waals surface area contributed by atoms with Gasteiger partial charge in [-0.25, -0.2) is 4.79 Å². The molecule has 0 spiro atoms. The molecule has 1 aromatic carbocycles. The number of benzene rings is 1. The largest absolute Gasteiger partial charge is 0.338 e. The van der Waals surface area contributed by atoms with Gasteiger partial charge in [-0.3, -0.25) is 0 Å². The minimum absolute atomic E-state index is 0.143. The highest BCUT2D eigenvalue weighted by molar-refractivity contribution is 7.98. The second kappa shape index (κ2) is 9.68. The van der Waals surface area contributed by atoms with E-state index in [0.717, 1.165) is 18.0 Å². The predicted octanol–water partition coefficient (Wildman–Crippen LogP) is 3.48. The molecule has 2 atom stereocenters. The number of hydrogen-bond acceptors (Lipinski definition) is 3. The number of thioether (sulfide) groups is 1. The summed E-state index contributed by atoms with van der Waals surface area (Å²) < 4.78 is 0. The van der Waals surface area contributed by atoms with Crippen molar-refractivity contribution in [2.24, 2.45) is 5.92 Å². The van der Waals surface area contributed by atoms with Crippen LogP contribution in [0.5, 0.6) is 0 Å². The van der Waals surface area contributed by atoms with Crippen LogP contribution in [-0.2, 0) is 0 Å². The van der Waals surface area contributed by atoms with Crippen molar-refractivity contribution in [2.75, 3.05) is 30.4 Å². The Kier molecular flexibility index (Phi) is 8.23. The molecule has 0 heterocycles. The van der Waals surface area contributed by atoms with Gasteiger partial charge in [-0.15, -0.1) is 0 Å². The minimum atomic E-state index is -0.143. The van der Waals surface area contributed by atoms with Gasteiger partial charge < -0.3 is 16.0 Å². The lowest BCUT2D eigenvalue weighted by atomic mass is 10.1. The van der Waals surface area contributed by atoms with E-state index >= 15 is 0 Å². The number of amides is 2. The van der Waals surface area contributed by atoms with E-state index in [1.807, 2.05) is 24.3 Å². The Morgan fingerprint density at radius 2 is 1.90 bits per heavy atom. The van der Waals surface area contributed by atoms with Gasteiger partial charge in [0.2, 0.25) is 0 Å². The molecule has 0 aliphatic heterocycles. The smallest absolute Gasteiger partial charge is 0.319 e. The van der Waals surface area contributed by atoms with E-state index in [4.69, 9.17) is 0 Å². The highest BCUT2D eigenvalue weighted by Crippen LogP contribution is 2.15. The Balaban J connectivity index is 2.42. The van der Waals surface area contributed by atoms with Crippen molar-refractivity contribution >= 4 is 23.5 Å². The van der Waals surface area contributed by atoms with E-state index in [9.17, 15) is 4.79 Å². The summed E-state index contributed by atoms with van der Waals surface area (Å²) in [7, 11) is 0. The third kappa shape index (κ3) is 6.87. The van der Waals surface area contributed by atoms with Gasteiger partial charge in [-0.05, 0) is 49.1 Å². The molecule has 0 aliphatic carbocycles. The Labute approximate surface area is 132 Å². The minimum Gasteiger partial charge on any atom is -0.338 e. The van der Waals surface area contributed by atoms with Gasteiger partial charge in [-0.2, -0.15) is 11.8 Å². The molecule has 0 radical (unpaired) electrons. The van der Waals surface area contributed by atoms with E-state index in [-0.39, 0.29) is 6.03 Å². The molecule has 118 valence electrons. The first kappa shape index (κ1) is 17.9. The molecule has 0 fully saturated rings. The van der Waals surface area contributed by atoms with Crippen molar-refractivity contribution < 1.29 is 4.79 Å². The Morgan fingerprint density at radius 3 is 2.48 bits per heavy atom. The number of rotatable bonds is 8. The maximum absolute atomic E-state index is 11.8. The van der Waals surface area contributed by atoms with Gasteiger partial charge in [-0.1, -0.05) is 26.0 Å². The van der Waals surface area contributed by atoms with Crippen molar-refractivity contribution in [3.63, 3.8) is 0 Å². The summed E-state index contributed by atoms with van der Waals surface area (Å²) in [5.41, 5.74) is 2.04. The van der Waals surface area contributed by atoms with Crippen molar-refractivity contribution in [1.82, 2.24) is 10.6 Å². The number of hydrogen-bond donors (Lipinski definition) is 3. The highest BCUT2D eigenvalue weighted by Gasteiger charge is 2.06. The van der Waals surface area contributed by atoms with Crippen LogP contribution >= 0.6 is 11.8 Å². The van der Waals surface area contributed by atoms with Crippen LogP contribution < -0.4 is 16.0 Å². The normalized spacial score (nSPS) is 13.5. The molecule has 0 aromatic heterocycles. The van der Waals surface area contributed by atoms with Crippen molar-refractivity contribution in [1.29, 1.82) is 0 Å². The van der Waals surface area contributed by atoms with Crippen LogP contribution in [0.1, 0.15) is 32.4 Å². The maximum atomic E-state index is 11.8. The Hall–Kier alpha value is -1.20. The molecular weight excluding hydrogens is 282 g/mol. The summed E-state index contributed by atoms with van der Waals surface area (Å²) in [6.45, 7) is 7.99. The monoisotopic (exact) mass is 309 g/mol. The fourth-order valence-corrected chi connectivity index (χ4v) is 2.75. The molecule has 0 aliphatic rings. The van der Waals surface area contributed by atoms with Crippen molar-refractivity contribution in [3.05, 3.63) is 29.8 Å². The number of nitrogens with one attached hydrogen (secondary N) is 3. The highest BCUT2D eigenvalue weighted by atomic mass is 32.2. The Bertz CT molecular complexity index is 422. The van der Waals surface area contributed by atoms with Crippen LogP contribution in [0.25, 0.3) is 0 Å². The first-order chi connectivity index (χ1) is 10.1. The molecule has 0 bridgehead atoms. The predicted molar refractivity (Wildman–Crippen MR) is 93.1 cm³/mol. The summed E-state index contributed by atoms with van der Waals surface area (Å²) in [5, 5.41) is 9.12. The SMILES string of the molecule is CCNC(C)c1ccc(NC(=O)NCC(C)CSC)cc1. The van der Waals surface area contributed by atoms with Gasteiger partial charge in [0, 0.05) is 18.3 Å². The van der Waals surface area contributed by atoms with Crippen LogP contribution in [0.4, 0.5) is 10.5 Å². The first-order valence-corrected chi connectivity index (χ1v) is 8.83. The van der Waals surface area contributed by atoms with Crippen LogP contribution in [0, 0.1) is 5.92 Å². The molecular formula is C16H27N3OS. The molecule has 0 saturated carbocycles. The molecule has 2 amide bonds. The molecule has 1 rings (SSSR count). The average Bonchev–Trinajstić information content (AvgIpc) is 2.46. The lowest BCUT2D eigenvalue weighted by Gasteiger charge is -2.14. The van der Waals surface area contributed by atoms with Gasteiger partial charge in [0.1, 0.15) is 0 Å². The fourth-order valence-electron chi connectivity index (χ4n) is 2.06. The van der Waals surface area contributed by atoms with E-state index in [1.54, 1.807) is 11.8 Å². The van der Waals surface area contributed by atoms with E-state index in [1.165, 1.54) is 5.56 Å². The standard InChI is InChI=1S/C16H27N3OS/c1-5-17-13(3)14-6-8-15(9-7-14)19-16(20)18-10-12(2)11-21-4/h6-9,12-13,17H,5,10-11H2,1-4H3,(H2,18,19,20). The molecule has 1 aromatic rings.